The van der Waals surface area contributed by atoms with E-state index in [1.165, 1.54) is 61.5 Å². The molecule has 1 aromatic heterocycles. The van der Waals surface area contributed by atoms with Crippen LogP contribution in [0.2, 0.25) is 0 Å². The zero-order valence-corrected chi connectivity index (χ0v) is 42.6. The number of hydrogen-bond donors (Lipinski definition) is 0. The number of para-hydroxylation sites is 2. The maximum absolute atomic E-state index is 6.46. The van der Waals surface area contributed by atoms with Gasteiger partial charge in [0.1, 0.15) is 11.2 Å². The SMILES string of the molecule is CC(C)(C)c1ccc(N2c3ccc(C(C)(C)C)cc3B3c4ccc(N(C5=CCCC=C5)c5ccccc5)cc4N(c4cccc(-c5cccc6oc7ccccc7c56)c4)c4cc(C(C)(C)C)cc2c43)cc1. The molecule has 9 aromatic rings. The Bertz CT molecular complexity index is 3610. The number of benzene rings is 8. The molecule has 1 aliphatic carbocycles. The molecule has 0 spiro atoms. The van der Waals surface area contributed by atoms with E-state index in [-0.39, 0.29) is 23.0 Å². The average Bonchev–Trinajstić information content (AvgIpc) is 3.75. The Hall–Kier alpha value is -7.50. The second-order valence-electron chi connectivity index (χ2n) is 23.0. The third kappa shape index (κ3) is 7.60. The van der Waals surface area contributed by atoms with E-state index in [1.807, 2.05) is 0 Å². The van der Waals surface area contributed by atoms with Crippen LogP contribution in [0.3, 0.4) is 0 Å². The Kier molecular flexibility index (Phi) is 10.4. The molecule has 350 valence electrons. The summed E-state index contributed by atoms with van der Waals surface area (Å²) in [5.41, 5.74) is 22.4. The minimum Gasteiger partial charge on any atom is -0.456 e. The normalized spacial score (nSPS) is 14.4. The molecule has 8 aromatic carbocycles. The summed E-state index contributed by atoms with van der Waals surface area (Å²) in [6.45, 7) is 20.9. The fourth-order valence-corrected chi connectivity index (χ4v) is 11.3. The van der Waals surface area contributed by atoms with Crippen LogP contribution in [-0.4, -0.2) is 6.71 Å². The quantitative estimate of drug-likeness (QED) is 0.155. The minimum absolute atomic E-state index is 0.0318. The average molecular weight is 924 g/mol. The summed E-state index contributed by atoms with van der Waals surface area (Å²) in [4.78, 5) is 7.60. The lowest BCUT2D eigenvalue weighted by atomic mass is 9.33. The zero-order valence-electron chi connectivity index (χ0n) is 42.6. The summed E-state index contributed by atoms with van der Waals surface area (Å²) in [5, 5.41) is 2.27. The van der Waals surface area contributed by atoms with Gasteiger partial charge in [-0.1, -0.05) is 165 Å². The molecule has 3 heterocycles. The van der Waals surface area contributed by atoms with Gasteiger partial charge in [-0.15, -0.1) is 0 Å². The summed E-state index contributed by atoms with van der Waals surface area (Å²) in [7, 11) is 0. The van der Waals surface area contributed by atoms with Gasteiger partial charge >= 0.3 is 0 Å². The Morgan fingerprint density at radius 3 is 1.87 bits per heavy atom. The zero-order chi connectivity index (χ0) is 49.0. The third-order valence-electron chi connectivity index (χ3n) is 15.1. The number of hydrogen-bond acceptors (Lipinski definition) is 4. The molecule has 4 nitrogen and oxygen atoms in total. The maximum atomic E-state index is 6.46. The van der Waals surface area contributed by atoms with Crippen molar-refractivity contribution in [1.29, 1.82) is 0 Å². The van der Waals surface area contributed by atoms with Crippen molar-refractivity contribution < 1.29 is 4.42 Å². The van der Waals surface area contributed by atoms with Gasteiger partial charge in [-0.05, 0) is 158 Å². The molecule has 0 unspecified atom stereocenters. The molecular weight excluding hydrogens is 862 g/mol. The Labute approximate surface area is 420 Å². The number of nitrogens with zero attached hydrogens (tertiary/aromatic N) is 3. The lowest BCUT2D eigenvalue weighted by Gasteiger charge is -2.45. The molecule has 71 heavy (non-hydrogen) atoms. The molecule has 0 radical (unpaired) electrons. The van der Waals surface area contributed by atoms with Gasteiger partial charge in [0.15, 0.2) is 0 Å². The highest BCUT2D eigenvalue weighted by Crippen LogP contribution is 2.49. The predicted octanol–water partition coefficient (Wildman–Crippen LogP) is 16.6. The van der Waals surface area contributed by atoms with Gasteiger partial charge in [0.05, 0.1) is 0 Å². The molecule has 0 saturated carbocycles. The lowest BCUT2D eigenvalue weighted by Crippen LogP contribution is -2.61. The van der Waals surface area contributed by atoms with E-state index in [2.05, 4.69) is 265 Å². The highest BCUT2D eigenvalue weighted by atomic mass is 16.3. The number of furan rings is 1. The van der Waals surface area contributed by atoms with Gasteiger partial charge in [-0.2, -0.15) is 0 Å². The van der Waals surface area contributed by atoms with Crippen LogP contribution in [0.5, 0.6) is 0 Å². The van der Waals surface area contributed by atoms with Gasteiger partial charge in [-0.3, -0.25) is 0 Å². The number of rotatable bonds is 6. The first-order valence-corrected chi connectivity index (χ1v) is 25.5. The van der Waals surface area contributed by atoms with Crippen molar-refractivity contribution in [2.24, 2.45) is 0 Å². The van der Waals surface area contributed by atoms with Gasteiger partial charge < -0.3 is 19.1 Å². The fourth-order valence-electron chi connectivity index (χ4n) is 11.3. The van der Waals surface area contributed by atoms with E-state index in [4.69, 9.17) is 4.42 Å². The van der Waals surface area contributed by atoms with Crippen molar-refractivity contribution in [3.8, 4) is 11.1 Å². The van der Waals surface area contributed by atoms with Gasteiger partial charge in [-0.25, -0.2) is 0 Å². The maximum Gasteiger partial charge on any atom is 0.252 e. The van der Waals surface area contributed by atoms with E-state index >= 15 is 0 Å². The number of anilines is 8. The van der Waals surface area contributed by atoms with Crippen molar-refractivity contribution in [3.63, 3.8) is 0 Å². The topological polar surface area (TPSA) is 22.9 Å². The van der Waals surface area contributed by atoms with Crippen molar-refractivity contribution in [3.05, 3.63) is 210 Å². The first-order chi connectivity index (χ1) is 34.1. The van der Waals surface area contributed by atoms with E-state index in [0.29, 0.717) is 0 Å². The van der Waals surface area contributed by atoms with Gasteiger partial charge in [0.2, 0.25) is 0 Å². The van der Waals surface area contributed by atoms with Crippen LogP contribution in [0.25, 0.3) is 33.1 Å². The Balaban J connectivity index is 1.17. The highest BCUT2D eigenvalue weighted by Gasteiger charge is 2.45. The molecule has 5 heteroatoms. The monoisotopic (exact) mass is 923 g/mol. The highest BCUT2D eigenvalue weighted by molar-refractivity contribution is 7.00. The molecule has 12 rings (SSSR count). The fraction of sp³-hybridized carbons (Fsp3) is 0.212. The molecular formula is C66H62BN3O. The van der Waals surface area contributed by atoms with Gasteiger partial charge in [0, 0.05) is 62.0 Å². The summed E-state index contributed by atoms with van der Waals surface area (Å²) in [6, 6.07) is 63.9. The molecule has 0 saturated heterocycles. The Morgan fingerprint density at radius 1 is 0.479 bits per heavy atom. The van der Waals surface area contributed by atoms with Crippen LogP contribution in [-0.2, 0) is 16.2 Å². The minimum atomic E-state index is -0.156. The van der Waals surface area contributed by atoms with E-state index in [9.17, 15) is 0 Å². The van der Waals surface area contributed by atoms with Crippen LogP contribution in [0.4, 0.5) is 45.5 Å². The van der Waals surface area contributed by atoms with Crippen LogP contribution >= 0.6 is 0 Å². The van der Waals surface area contributed by atoms with Gasteiger partial charge in [0.25, 0.3) is 6.71 Å². The van der Waals surface area contributed by atoms with Crippen molar-refractivity contribution in [2.75, 3.05) is 14.7 Å². The van der Waals surface area contributed by atoms with E-state index in [0.717, 1.165) is 68.7 Å². The molecule has 0 amide bonds. The molecule has 0 fully saturated rings. The van der Waals surface area contributed by atoms with Crippen LogP contribution in [0, 0.1) is 0 Å². The predicted molar refractivity (Wildman–Crippen MR) is 304 cm³/mol. The van der Waals surface area contributed by atoms with E-state index in [1.54, 1.807) is 0 Å². The molecule has 3 aliphatic rings. The van der Waals surface area contributed by atoms with Crippen LogP contribution in [0.15, 0.2) is 198 Å². The summed E-state index contributed by atoms with van der Waals surface area (Å²) >= 11 is 0. The summed E-state index contributed by atoms with van der Waals surface area (Å²) in [5.74, 6) is 0. The van der Waals surface area contributed by atoms with Crippen LogP contribution < -0.4 is 31.1 Å². The largest absolute Gasteiger partial charge is 0.456 e. The second-order valence-corrected chi connectivity index (χ2v) is 23.0. The number of allylic oxidation sites excluding steroid dienone is 3. The number of fused-ring (bicyclic) bond motifs is 7. The summed E-state index contributed by atoms with van der Waals surface area (Å²) < 4.78 is 6.46. The van der Waals surface area contributed by atoms with Crippen molar-refractivity contribution in [1.82, 2.24) is 0 Å². The van der Waals surface area contributed by atoms with Crippen molar-refractivity contribution in [2.45, 2.75) is 91.4 Å². The lowest BCUT2D eigenvalue weighted by molar-refractivity contribution is 0.589. The van der Waals surface area contributed by atoms with Crippen LogP contribution in [0.1, 0.15) is 91.8 Å². The Morgan fingerprint density at radius 2 is 1.15 bits per heavy atom. The third-order valence-corrected chi connectivity index (χ3v) is 15.1. The molecule has 2 aliphatic heterocycles. The second kappa shape index (κ2) is 16.6. The molecule has 0 N–H and O–H groups in total. The standard InChI is InChI=1S/C66H62BN3O/c1-64(2,3)44-30-33-49(34-31-44)69-56-37-32-45(65(4,5)6)39-55(56)67-54-36-35-51(68(47-21-12-10-13-22-47)48-23-14-11-15-24-48)42-57(54)70(59-41-46(66(7,8)9)40-58(69)63(59)67)50-25-18-20-43(38-50)52-27-19-29-61-62(52)53-26-16-17-28-60(53)71-61/h10,12-14,16-42H,11,15H2,1-9H3. The molecule has 0 bridgehead atoms. The smallest absolute Gasteiger partial charge is 0.252 e. The van der Waals surface area contributed by atoms with Crippen molar-refractivity contribution >= 4 is 90.5 Å². The van der Waals surface area contributed by atoms with E-state index < -0.39 is 0 Å². The molecule has 0 atom stereocenters. The first-order valence-electron chi connectivity index (χ1n) is 25.5. The summed E-state index contributed by atoms with van der Waals surface area (Å²) in [6.07, 6.45) is 9.05. The first kappa shape index (κ1) is 44.7.